The summed E-state index contributed by atoms with van der Waals surface area (Å²) in [5.41, 5.74) is 6.32. The van der Waals surface area contributed by atoms with Gasteiger partial charge in [-0.1, -0.05) is 0 Å². The molecular formula is C15H20N5O6PS. The maximum atomic E-state index is 12.3. The van der Waals surface area contributed by atoms with Crippen molar-refractivity contribution in [1.82, 2.24) is 14.9 Å². The summed E-state index contributed by atoms with van der Waals surface area (Å²) in [6.07, 6.45) is 6.67. The lowest BCUT2D eigenvalue weighted by Crippen LogP contribution is -2.33. The fourth-order valence-electron chi connectivity index (χ4n) is 2.85. The number of nitrogens with zero attached hydrogens (tertiary/aromatic N) is 3. The first-order valence-electron chi connectivity index (χ1n) is 8.52. The summed E-state index contributed by atoms with van der Waals surface area (Å²) in [4.78, 5) is 50.8. The third kappa shape index (κ3) is 5.60. The Kier molecular flexibility index (Phi) is 6.48. The van der Waals surface area contributed by atoms with Crippen molar-refractivity contribution in [2.75, 3.05) is 12.0 Å². The molecule has 1 aliphatic heterocycles. The number of aromatic nitrogens is 2. The number of phosphoric ester groups is 1. The molecule has 28 heavy (non-hydrogen) atoms. The van der Waals surface area contributed by atoms with Crippen LogP contribution in [0.25, 0.3) is 6.08 Å². The fourth-order valence-corrected chi connectivity index (χ4v) is 3.92. The molecule has 2 amide bonds. The van der Waals surface area contributed by atoms with Gasteiger partial charge in [-0.05, 0) is 49.6 Å². The van der Waals surface area contributed by atoms with Gasteiger partial charge in [-0.15, -0.1) is 0 Å². The van der Waals surface area contributed by atoms with Crippen molar-refractivity contribution >= 4 is 42.8 Å². The van der Waals surface area contributed by atoms with Crippen molar-refractivity contribution < 1.29 is 28.5 Å². The molecule has 1 aliphatic carbocycles. The second-order valence-electron chi connectivity index (χ2n) is 6.42. The van der Waals surface area contributed by atoms with Crippen LogP contribution in [0.3, 0.4) is 0 Å². The second kappa shape index (κ2) is 8.68. The molecule has 3 rings (SSSR count). The van der Waals surface area contributed by atoms with E-state index < -0.39 is 25.7 Å². The van der Waals surface area contributed by atoms with Gasteiger partial charge in [-0.3, -0.25) is 14.1 Å². The fraction of sp³-hybridized carbons (Fsp3) is 0.467. The number of imide groups is 1. The molecule has 11 nitrogen and oxygen atoms in total. The summed E-state index contributed by atoms with van der Waals surface area (Å²) < 4.78 is 15.0. The first-order valence-corrected chi connectivity index (χ1v) is 10.9. The molecule has 1 aromatic heterocycles. The van der Waals surface area contributed by atoms with E-state index in [0.717, 1.165) is 25.7 Å². The van der Waals surface area contributed by atoms with Crippen molar-refractivity contribution in [3.05, 3.63) is 22.9 Å². The van der Waals surface area contributed by atoms with Crippen LogP contribution in [0.4, 0.5) is 10.7 Å². The Morgan fingerprint density at radius 1 is 1.36 bits per heavy atom. The Hall–Kier alpha value is -1.82. The van der Waals surface area contributed by atoms with Gasteiger partial charge in [-0.25, -0.2) is 19.4 Å². The van der Waals surface area contributed by atoms with Crippen molar-refractivity contribution in [1.29, 1.82) is 0 Å². The van der Waals surface area contributed by atoms with Crippen molar-refractivity contribution in [2.45, 2.75) is 37.8 Å². The lowest BCUT2D eigenvalue weighted by molar-refractivity contribution is -0.124. The first-order chi connectivity index (χ1) is 13.2. The zero-order valence-corrected chi connectivity index (χ0v) is 16.4. The summed E-state index contributed by atoms with van der Waals surface area (Å²) >= 11 is 0.640. The molecule has 1 saturated carbocycles. The number of hydrogen-bond acceptors (Lipinski definition) is 9. The zero-order chi connectivity index (χ0) is 20.3. The third-order valence-corrected chi connectivity index (χ3v) is 5.65. The van der Waals surface area contributed by atoms with E-state index >= 15 is 0 Å². The van der Waals surface area contributed by atoms with Crippen molar-refractivity contribution in [3.8, 4) is 0 Å². The lowest BCUT2D eigenvalue weighted by Gasteiger charge is -2.26. The smallest absolute Gasteiger partial charge is 0.351 e. The van der Waals surface area contributed by atoms with E-state index in [1.54, 1.807) is 6.07 Å². The number of phosphoric acid groups is 1. The standard InChI is InChI=1S/C15H20N5O6PS/c16-9-1-3-10(4-2-9)18-14-17-6-5-11(19-14)7-12-13(21)20(15(22)28-12)8-26-27(23,24)25/h5-7,9-10H,1-4,8,16H2,(H,17,18,19)(H2,23,24,25)/b12-7-. The van der Waals surface area contributed by atoms with Gasteiger partial charge in [0.2, 0.25) is 5.95 Å². The largest absolute Gasteiger partial charge is 0.471 e. The van der Waals surface area contributed by atoms with Crippen LogP contribution in [0.5, 0.6) is 0 Å². The van der Waals surface area contributed by atoms with Crippen LogP contribution in [0.15, 0.2) is 17.2 Å². The number of hydrogen-bond donors (Lipinski definition) is 4. The topological polar surface area (TPSA) is 168 Å². The summed E-state index contributed by atoms with van der Waals surface area (Å²) in [5.74, 6) is -0.295. The Labute approximate surface area is 165 Å². The van der Waals surface area contributed by atoms with Crippen LogP contribution < -0.4 is 11.1 Å². The van der Waals surface area contributed by atoms with E-state index in [1.165, 1.54) is 12.3 Å². The normalized spacial score (nSPS) is 24.8. The molecule has 1 aromatic rings. The van der Waals surface area contributed by atoms with Gasteiger partial charge in [-0.2, -0.15) is 0 Å². The maximum absolute atomic E-state index is 12.3. The maximum Gasteiger partial charge on any atom is 0.471 e. The van der Waals surface area contributed by atoms with Gasteiger partial charge in [0, 0.05) is 18.3 Å². The van der Waals surface area contributed by atoms with E-state index in [2.05, 4.69) is 19.8 Å². The molecule has 2 fully saturated rings. The average molecular weight is 429 g/mol. The lowest BCUT2D eigenvalue weighted by atomic mass is 9.92. The molecule has 0 unspecified atom stereocenters. The molecular weight excluding hydrogens is 409 g/mol. The van der Waals surface area contributed by atoms with E-state index in [0.29, 0.717) is 28.3 Å². The number of nitrogens with two attached hydrogens (primary N) is 1. The molecule has 13 heteroatoms. The SMILES string of the molecule is NC1CCC(Nc2nccc(/C=C3\SC(=O)N(COP(=O)(O)O)C3=O)n2)CC1. The van der Waals surface area contributed by atoms with Gasteiger partial charge in [0.05, 0.1) is 10.6 Å². The van der Waals surface area contributed by atoms with Gasteiger partial charge in [0.1, 0.15) is 6.73 Å². The van der Waals surface area contributed by atoms with Gasteiger partial charge < -0.3 is 20.8 Å². The van der Waals surface area contributed by atoms with Crippen LogP contribution in [-0.2, 0) is 13.9 Å². The third-order valence-electron chi connectivity index (χ3n) is 4.29. The summed E-state index contributed by atoms with van der Waals surface area (Å²) in [6, 6.07) is 2.05. The molecule has 2 aliphatic rings. The minimum absolute atomic E-state index is 0.0765. The Bertz CT molecular complexity index is 838. The summed E-state index contributed by atoms with van der Waals surface area (Å²) in [6.45, 7) is -0.827. The molecule has 0 bridgehead atoms. The Balaban J connectivity index is 1.67. The number of anilines is 1. The Morgan fingerprint density at radius 2 is 2.07 bits per heavy atom. The number of carbonyl (C=O) groups is 2. The zero-order valence-electron chi connectivity index (χ0n) is 14.7. The Morgan fingerprint density at radius 3 is 2.75 bits per heavy atom. The van der Waals surface area contributed by atoms with Gasteiger partial charge in [0.15, 0.2) is 0 Å². The summed E-state index contributed by atoms with van der Waals surface area (Å²) in [7, 11) is -4.80. The second-order valence-corrected chi connectivity index (χ2v) is 8.65. The average Bonchev–Trinajstić information content (AvgIpc) is 2.88. The highest BCUT2D eigenvalue weighted by atomic mass is 32.2. The number of nitrogens with one attached hydrogen (secondary N) is 1. The summed E-state index contributed by atoms with van der Waals surface area (Å²) in [5, 5.41) is 2.57. The van der Waals surface area contributed by atoms with E-state index in [4.69, 9.17) is 15.5 Å². The van der Waals surface area contributed by atoms with Crippen molar-refractivity contribution in [2.24, 2.45) is 5.73 Å². The van der Waals surface area contributed by atoms with Crippen LogP contribution in [0.2, 0.25) is 0 Å². The molecule has 5 N–H and O–H groups in total. The van der Waals surface area contributed by atoms with Gasteiger partial charge >= 0.3 is 7.82 Å². The molecule has 2 heterocycles. The van der Waals surface area contributed by atoms with Crippen LogP contribution in [0, 0.1) is 0 Å². The molecule has 0 atom stereocenters. The molecule has 0 aromatic carbocycles. The van der Waals surface area contributed by atoms with Crippen LogP contribution in [0.1, 0.15) is 31.4 Å². The molecule has 0 radical (unpaired) electrons. The van der Waals surface area contributed by atoms with Gasteiger partial charge in [0.25, 0.3) is 11.1 Å². The predicted octanol–water partition coefficient (Wildman–Crippen LogP) is 1.26. The number of carbonyl (C=O) groups excluding carboxylic acids is 2. The van der Waals surface area contributed by atoms with E-state index in [-0.39, 0.29) is 17.0 Å². The molecule has 0 spiro atoms. The van der Waals surface area contributed by atoms with E-state index in [9.17, 15) is 14.2 Å². The number of rotatable bonds is 6. The minimum Gasteiger partial charge on any atom is -0.351 e. The van der Waals surface area contributed by atoms with Crippen molar-refractivity contribution in [3.63, 3.8) is 0 Å². The van der Waals surface area contributed by atoms with Crippen LogP contribution in [-0.4, -0.2) is 54.6 Å². The minimum atomic E-state index is -4.80. The molecule has 152 valence electrons. The highest BCUT2D eigenvalue weighted by Crippen LogP contribution is 2.38. The monoisotopic (exact) mass is 429 g/mol. The first kappa shape index (κ1) is 20.9. The highest BCUT2D eigenvalue weighted by molar-refractivity contribution is 8.18. The van der Waals surface area contributed by atoms with E-state index in [1.807, 2.05) is 0 Å². The predicted molar refractivity (Wildman–Crippen MR) is 102 cm³/mol. The number of amides is 2. The quantitative estimate of drug-likeness (QED) is 0.379. The highest BCUT2D eigenvalue weighted by Gasteiger charge is 2.36. The van der Waals surface area contributed by atoms with Crippen LogP contribution >= 0.6 is 19.6 Å². The molecule has 1 saturated heterocycles. The number of thioether (sulfide) groups is 1.